The number of benzene rings is 2. The van der Waals surface area contributed by atoms with Crippen molar-refractivity contribution in [3.8, 4) is 11.1 Å². The highest BCUT2D eigenvalue weighted by atomic mass is 35.5. The molecule has 0 saturated heterocycles. The molecule has 0 bridgehead atoms. The number of aryl methyl sites for hydroxylation is 1. The number of carbonyl (C=O) groups is 1. The largest absolute Gasteiger partial charge is 0.481 e. The summed E-state index contributed by atoms with van der Waals surface area (Å²) in [6.45, 7) is 0.414. The Bertz CT molecular complexity index is 1200. The fourth-order valence-electron chi connectivity index (χ4n) is 3.16. The van der Waals surface area contributed by atoms with Crippen molar-refractivity contribution >= 4 is 40.1 Å². The van der Waals surface area contributed by atoms with E-state index in [0.717, 1.165) is 27.7 Å². The van der Waals surface area contributed by atoms with Crippen molar-refractivity contribution in [1.29, 1.82) is 0 Å². The molecule has 7 nitrogen and oxygen atoms in total. The minimum atomic E-state index is -0.965. The van der Waals surface area contributed by atoms with Gasteiger partial charge in [-0.15, -0.1) is 0 Å². The molecule has 0 radical (unpaired) electrons. The Labute approximate surface area is 170 Å². The van der Waals surface area contributed by atoms with E-state index < -0.39 is 5.97 Å². The molecule has 1 N–H and O–H groups in total. The Morgan fingerprint density at radius 3 is 2.71 bits per heavy atom. The van der Waals surface area contributed by atoms with Crippen LogP contribution in [0.4, 0.5) is 0 Å². The maximum absolute atomic E-state index is 10.8. The number of fused-ring (bicyclic) bond motifs is 1. The van der Waals surface area contributed by atoms with Crippen molar-refractivity contribution in [2.75, 3.05) is 0 Å². The summed E-state index contributed by atoms with van der Waals surface area (Å²) >= 11 is 12.4. The van der Waals surface area contributed by atoms with E-state index in [4.69, 9.17) is 28.3 Å². The van der Waals surface area contributed by atoms with Gasteiger partial charge in [-0.2, -0.15) is 10.2 Å². The summed E-state index contributed by atoms with van der Waals surface area (Å²) in [5.74, 6) is -0.694. The highest BCUT2D eigenvalue weighted by Crippen LogP contribution is 2.35. The molecule has 0 aliphatic rings. The van der Waals surface area contributed by atoms with E-state index in [1.54, 1.807) is 21.5 Å². The van der Waals surface area contributed by atoms with Gasteiger partial charge >= 0.3 is 5.97 Å². The molecule has 142 valence electrons. The summed E-state index contributed by atoms with van der Waals surface area (Å²) in [6, 6.07) is 11.3. The van der Waals surface area contributed by atoms with Crippen LogP contribution in [0.25, 0.3) is 22.0 Å². The van der Waals surface area contributed by atoms with E-state index in [0.29, 0.717) is 16.6 Å². The first-order chi connectivity index (χ1) is 13.4. The molecular weight excluding hydrogens is 401 g/mol. The number of rotatable bonds is 5. The van der Waals surface area contributed by atoms with Gasteiger partial charge < -0.3 is 5.11 Å². The molecule has 2 heterocycles. The van der Waals surface area contributed by atoms with Gasteiger partial charge in [0.15, 0.2) is 5.82 Å². The summed E-state index contributed by atoms with van der Waals surface area (Å²) in [4.78, 5) is 14.9. The van der Waals surface area contributed by atoms with Gasteiger partial charge in [0.2, 0.25) is 0 Å². The molecule has 0 spiro atoms. The topological polar surface area (TPSA) is 85.8 Å². The molecule has 28 heavy (non-hydrogen) atoms. The second-order valence-electron chi connectivity index (χ2n) is 6.33. The van der Waals surface area contributed by atoms with Gasteiger partial charge in [0.1, 0.15) is 18.3 Å². The van der Waals surface area contributed by atoms with Crippen LogP contribution in [0.1, 0.15) is 11.5 Å². The summed E-state index contributed by atoms with van der Waals surface area (Å²) in [5, 5.41) is 19.9. The van der Waals surface area contributed by atoms with Crippen molar-refractivity contribution < 1.29 is 9.90 Å². The minimum absolute atomic E-state index is 0.210. The zero-order valence-electron chi connectivity index (χ0n) is 14.8. The SMILES string of the molecule is Cn1nc2c(-c3ccc(Cl)cc3Cl)cccc2c1Cn1cnc(CC(=O)O)n1. The van der Waals surface area contributed by atoms with Crippen LogP contribution in [0.3, 0.4) is 0 Å². The second kappa shape index (κ2) is 7.26. The second-order valence-corrected chi connectivity index (χ2v) is 7.17. The first-order valence-corrected chi connectivity index (χ1v) is 9.18. The van der Waals surface area contributed by atoms with Crippen LogP contribution in [-0.2, 0) is 24.8 Å². The van der Waals surface area contributed by atoms with E-state index in [1.807, 2.05) is 31.3 Å². The van der Waals surface area contributed by atoms with Gasteiger partial charge in [0.25, 0.3) is 0 Å². The summed E-state index contributed by atoms with van der Waals surface area (Å²) < 4.78 is 3.40. The zero-order valence-corrected chi connectivity index (χ0v) is 16.3. The lowest BCUT2D eigenvalue weighted by Gasteiger charge is -2.06. The fraction of sp³-hybridized carbons (Fsp3) is 0.158. The van der Waals surface area contributed by atoms with Crippen molar-refractivity contribution in [1.82, 2.24) is 24.5 Å². The van der Waals surface area contributed by atoms with Gasteiger partial charge in [-0.1, -0.05) is 47.5 Å². The van der Waals surface area contributed by atoms with E-state index in [1.165, 1.54) is 6.33 Å². The minimum Gasteiger partial charge on any atom is -0.481 e. The number of hydrogen-bond donors (Lipinski definition) is 1. The van der Waals surface area contributed by atoms with Crippen molar-refractivity contribution in [3.63, 3.8) is 0 Å². The number of hydrogen-bond acceptors (Lipinski definition) is 4. The third-order valence-corrected chi connectivity index (χ3v) is 4.96. The average molecular weight is 416 g/mol. The van der Waals surface area contributed by atoms with Crippen LogP contribution in [-0.4, -0.2) is 35.6 Å². The van der Waals surface area contributed by atoms with Gasteiger partial charge in [-0.3, -0.25) is 9.48 Å². The molecule has 0 atom stereocenters. The lowest BCUT2D eigenvalue weighted by atomic mass is 10.0. The predicted octanol–water partition coefficient (Wildman–Crippen LogP) is 3.81. The van der Waals surface area contributed by atoms with Crippen LogP contribution < -0.4 is 0 Å². The predicted molar refractivity (Wildman–Crippen MR) is 107 cm³/mol. The molecule has 4 aromatic rings. The normalized spacial score (nSPS) is 11.2. The van der Waals surface area contributed by atoms with E-state index >= 15 is 0 Å². The molecule has 0 aliphatic carbocycles. The van der Waals surface area contributed by atoms with Gasteiger partial charge in [-0.05, 0) is 12.1 Å². The van der Waals surface area contributed by atoms with Gasteiger partial charge in [-0.25, -0.2) is 9.67 Å². The van der Waals surface area contributed by atoms with Crippen LogP contribution in [0, 0.1) is 0 Å². The van der Waals surface area contributed by atoms with Crippen LogP contribution in [0.2, 0.25) is 10.0 Å². The monoisotopic (exact) mass is 415 g/mol. The van der Waals surface area contributed by atoms with Crippen LogP contribution in [0.5, 0.6) is 0 Å². The molecule has 0 fully saturated rings. The standard InChI is InChI=1S/C19H15Cl2N5O2/c1-25-16(9-26-10-22-17(23-26)8-18(27)28)14-4-2-3-13(19(14)24-25)12-6-5-11(20)7-15(12)21/h2-7,10H,8-9H2,1H3,(H,27,28). The lowest BCUT2D eigenvalue weighted by molar-refractivity contribution is -0.136. The summed E-state index contributed by atoms with van der Waals surface area (Å²) in [5.41, 5.74) is 3.50. The maximum Gasteiger partial charge on any atom is 0.311 e. The third kappa shape index (κ3) is 3.46. The lowest BCUT2D eigenvalue weighted by Crippen LogP contribution is -2.08. The fourth-order valence-corrected chi connectivity index (χ4v) is 3.67. The summed E-state index contributed by atoms with van der Waals surface area (Å²) in [6.07, 6.45) is 1.31. The highest BCUT2D eigenvalue weighted by molar-refractivity contribution is 6.36. The number of halogens is 2. The van der Waals surface area contributed by atoms with Gasteiger partial charge in [0.05, 0.1) is 12.2 Å². The molecule has 4 rings (SSSR count). The average Bonchev–Trinajstić information content (AvgIpc) is 3.19. The van der Waals surface area contributed by atoms with Crippen molar-refractivity contribution in [2.24, 2.45) is 7.05 Å². The number of carboxylic acid groups (broad SMARTS) is 1. The van der Waals surface area contributed by atoms with E-state index in [9.17, 15) is 4.79 Å². The molecule has 0 amide bonds. The Morgan fingerprint density at radius 1 is 1.14 bits per heavy atom. The first kappa shape index (κ1) is 18.5. The first-order valence-electron chi connectivity index (χ1n) is 8.42. The molecule has 0 unspecified atom stereocenters. The Hall–Kier alpha value is -2.90. The van der Waals surface area contributed by atoms with Crippen molar-refractivity contribution in [3.05, 3.63) is 64.3 Å². The van der Waals surface area contributed by atoms with E-state index in [2.05, 4.69) is 15.2 Å². The molecular formula is C19H15Cl2N5O2. The number of aliphatic carboxylic acids is 1. The van der Waals surface area contributed by atoms with Gasteiger partial charge in [0, 0.05) is 33.6 Å². The molecule has 0 saturated carbocycles. The molecule has 9 heteroatoms. The molecule has 2 aromatic heterocycles. The van der Waals surface area contributed by atoms with Crippen LogP contribution >= 0.6 is 23.2 Å². The van der Waals surface area contributed by atoms with Crippen LogP contribution in [0.15, 0.2) is 42.7 Å². The third-order valence-electron chi connectivity index (χ3n) is 4.41. The molecule has 2 aromatic carbocycles. The quantitative estimate of drug-likeness (QED) is 0.535. The summed E-state index contributed by atoms with van der Waals surface area (Å²) in [7, 11) is 1.86. The molecule has 0 aliphatic heterocycles. The smallest absolute Gasteiger partial charge is 0.311 e. The zero-order chi connectivity index (χ0) is 19.8. The highest BCUT2D eigenvalue weighted by Gasteiger charge is 2.16. The number of nitrogens with zero attached hydrogens (tertiary/aromatic N) is 5. The number of aromatic nitrogens is 5. The maximum atomic E-state index is 10.8. The van der Waals surface area contributed by atoms with E-state index in [-0.39, 0.29) is 12.2 Å². The Kier molecular flexibility index (Phi) is 4.78. The Balaban J connectivity index is 1.76. The van der Waals surface area contributed by atoms with Crippen molar-refractivity contribution in [2.45, 2.75) is 13.0 Å². The Morgan fingerprint density at radius 2 is 1.96 bits per heavy atom. The number of carboxylic acids is 1.